The summed E-state index contributed by atoms with van der Waals surface area (Å²) in [6, 6.07) is 21.6. The van der Waals surface area contributed by atoms with Crippen molar-refractivity contribution >= 4 is 60.9 Å². The zero-order valence-corrected chi connectivity index (χ0v) is 26.5. The molecule has 1 aliphatic rings. The van der Waals surface area contributed by atoms with Gasteiger partial charge in [0, 0.05) is 10.0 Å². The Hall–Kier alpha value is -3.98. The van der Waals surface area contributed by atoms with Gasteiger partial charge in [0.05, 0.1) is 40.0 Å². The lowest BCUT2D eigenvalue weighted by molar-refractivity contribution is -0.138. The summed E-state index contributed by atoms with van der Waals surface area (Å²) in [5.74, 6) is 0.251. The van der Waals surface area contributed by atoms with Gasteiger partial charge in [-0.1, -0.05) is 69.7 Å². The molecule has 0 amide bonds. The van der Waals surface area contributed by atoms with Crippen molar-refractivity contribution in [2.24, 2.45) is 4.99 Å². The van der Waals surface area contributed by atoms with Crippen LogP contribution >= 0.6 is 43.2 Å². The molecule has 0 radical (unpaired) electrons. The molecule has 0 spiro atoms. The number of benzene rings is 3. The molecule has 0 saturated carbocycles. The van der Waals surface area contributed by atoms with E-state index in [2.05, 4.69) is 31.9 Å². The Kier molecular flexibility index (Phi) is 9.06. The second-order valence-electron chi connectivity index (χ2n) is 8.97. The average molecular weight is 709 g/mol. The molecule has 42 heavy (non-hydrogen) atoms. The summed E-state index contributed by atoms with van der Waals surface area (Å²) in [6.07, 6.45) is 1.74. The van der Waals surface area contributed by atoms with E-state index in [1.165, 1.54) is 18.4 Å². The summed E-state index contributed by atoms with van der Waals surface area (Å²) < 4.78 is 19.8. The number of halogens is 2. The average Bonchev–Trinajstić information content (AvgIpc) is 3.30. The molecule has 0 bridgehead atoms. The minimum Gasteiger partial charge on any atom is -0.493 e. The number of ether oxygens (including phenoxy) is 3. The molecule has 0 N–H and O–H groups in total. The molecule has 2 heterocycles. The van der Waals surface area contributed by atoms with Crippen LogP contribution in [0.5, 0.6) is 11.5 Å². The summed E-state index contributed by atoms with van der Waals surface area (Å²) in [6.45, 7) is 1.77. The van der Waals surface area contributed by atoms with E-state index in [0.29, 0.717) is 36.6 Å². The standard InChI is InChI=1S/C31H23Br2N3O5S/c1-3-40-30(38)25-26(19-8-5-4-6-9-19)35-31-36(27(25)20-10-7-11-21(32)17-20)29(37)24(42-31)16-18-14-22(33)28(41-13-12-34)23(15-18)39-2/h4-11,14-17,27H,3,13H2,1-2H3/b24-16-/t27-/m1/s1. The number of esters is 1. The van der Waals surface area contributed by atoms with E-state index in [1.54, 1.807) is 29.7 Å². The van der Waals surface area contributed by atoms with Gasteiger partial charge >= 0.3 is 5.97 Å². The van der Waals surface area contributed by atoms with Gasteiger partial charge in [-0.25, -0.2) is 9.79 Å². The number of carbonyl (C=O) groups is 1. The number of aromatic nitrogens is 1. The van der Waals surface area contributed by atoms with Crippen molar-refractivity contribution in [3.8, 4) is 17.6 Å². The number of nitriles is 1. The van der Waals surface area contributed by atoms with Crippen LogP contribution in [0.4, 0.5) is 0 Å². The molecule has 3 aromatic carbocycles. The van der Waals surface area contributed by atoms with Crippen molar-refractivity contribution in [2.45, 2.75) is 13.0 Å². The maximum absolute atomic E-state index is 14.1. The SMILES string of the molecule is CCOC(=O)C1=C(c2ccccc2)N=c2s/c(=C\c3cc(Br)c(OCC#N)c(OC)c3)c(=O)n2[C@@H]1c1cccc(Br)c1. The van der Waals surface area contributed by atoms with Gasteiger partial charge in [0.1, 0.15) is 6.07 Å². The zero-order valence-electron chi connectivity index (χ0n) is 22.5. The molecule has 212 valence electrons. The van der Waals surface area contributed by atoms with Crippen molar-refractivity contribution in [3.05, 3.63) is 118 Å². The molecular weight excluding hydrogens is 686 g/mol. The smallest absolute Gasteiger partial charge is 0.338 e. The Labute approximate surface area is 262 Å². The number of hydrogen-bond donors (Lipinski definition) is 0. The number of carbonyl (C=O) groups excluding carboxylic acids is 1. The van der Waals surface area contributed by atoms with Gasteiger partial charge in [0.15, 0.2) is 22.9 Å². The molecule has 0 aliphatic carbocycles. The van der Waals surface area contributed by atoms with Crippen LogP contribution < -0.4 is 24.4 Å². The van der Waals surface area contributed by atoms with Crippen molar-refractivity contribution < 1.29 is 19.0 Å². The molecule has 4 aromatic rings. The quantitative estimate of drug-likeness (QED) is 0.228. The van der Waals surface area contributed by atoms with Crippen LogP contribution in [0.2, 0.25) is 0 Å². The summed E-state index contributed by atoms with van der Waals surface area (Å²) in [5, 5.41) is 8.92. The van der Waals surface area contributed by atoms with Crippen molar-refractivity contribution in [2.75, 3.05) is 20.3 Å². The predicted molar refractivity (Wildman–Crippen MR) is 167 cm³/mol. The second-order valence-corrected chi connectivity index (χ2v) is 11.7. The third-order valence-electron chi connectivity index (χ3n) is 6.37. The van der Waals surface area contributed by atoms with Crippen molar-refractivity contribution in [3.63, 3.8) is 0 Å². The van der Waals surface area contributed by atoms with Gasteiger partial charge < -0.3 is 14.2 Å². The van der Waals surface area contributed by atoms with E-state index in [0.717, 1.165) is 15.6 Å². The Bertz CT molecular complexity index is 1930. The van der Waals surface area contributed by atoms with Crippen LogP contribution in [-0.2, 0) is 9.53 Å². The van der Waals surface area contributed by atoms with Crippen LogP contribution in [0.15, 0.2) is 91.0 Å². The minimum absolute atomic E-state index is 0.144. The number of thiazole rings is 1. The number of fused-ring (bicyclic) bond motifs is 1. The summed E-state index contributed by atoms with van der Waals surface area (Å²) in [5.41, 5.74) is 2.56. The molecule has 0 unspecified atom stereocenters. The summed E-state index contributed by atoms with van der Waals surface area (Å²) in [4.78, 5) is 33.0. The fourth-order valence-electron chi connectivity index (χ4n) is 4.65. The van der Waals surface area contributed by atoms with Crippen molar-refractivity contribution in [1.82, 2.24) is 4.57 Å². The summed E-state index contributed by atoms with van der Waals surface area (Å²) >= 11 is 8.24. The third-order valence-corrected chi connectivity index (χ3v) is 8.43. The topological polar surface area (TPSA) is 103 Å². The van der Waals surface area contributed by atoms with Crippen LogP contribution in [0, 0.1) is 11.3 Å². The lowest BCUT2D eigenvalue weighted by atomic mass is 9.93. The first-order valence-electron chi connectivity index (χ1n) is 12.8. The number of methoxy groups -OCH3 is 1. The molecule has 0 fully saturated rings. The first-order chi connectivity index (χ1) is 20.4. The molecule has 0 saturated heterocycles. The molecular formula is C31H23Br2N3O5S. The lowest BCUT2D eigenvalue weighted by Crippen LogP contribution is -2.40. The monoisotopic (exact) mass is 707 g/mol. The van der Waals surface area contributed by atoms with Gasteiger partial charge in [-0.05, 0) is 64.3 Å². The van der Waals surface area contributed by atoms with Crippen LogP contribution in [0.1, 0.15) is 29.7 Å². The zero-order chi connectivity index (χ0) is 29.8. The van der Waals surface area contributed by atoms with E-state index in [1.807, 2.05) is 60.7 Å². The third kappa shape index (κ3) is 5.83. The number of rotatable bonds is 8. The van der Waals surface area contributed by atoms with Crippen LogP contribution in [-0.4, -0.2) is 30.9 Å². The molecule has 1 aromatic heterocycles. The molecule has 1 atom stereocenters. The van der Waals surface area contributed by atoms with Crippen LogP contribution in [0.25, 0.3) is 11.8 Å². The Morgan fingerprint density at radius 2 is 1.93 bits per heavy atom. The molecule has 8 nitrogen and oxygen atoms in total. The Morgan fingerprint density at radius 1 is 1.14 bits per heavy atom. The van der Waals surface area contributed by atoms with Gasteiger partial charge in [0.2, 0.25) is 0 Å². The first kappa shape index (κ1) is 29.5. The molecule has 5 rings (SSSR count). The van der Waals surface area contributed by atoms with Gasteiger partial charge in [0.25, 0.3) is 5.56 Å². The fourth-order valence-corrected chi connectivity index (χ4v) is 6.64. The second kappa shape index (κ2) is 12.9. The maximum atomic E-state index is 14.1. The minimum atomic E-state index is -0.779. The predicted octanol–water partition coefficient (Wildman–Crippen LogP) is 5.37. The van der Waals surface area contributed by atoms with Crippen molar-refractivity contribution in [1.29, 1.82) is 5.26 Å². The van der Waals surface area contributed by atoms with E-state index in [9.17, 15) is 9.59 Å². The van der Waals surface area contributed by atoms with Crippen LogP contribution in [0.3, 0.4) is 0 Å². The molecule has 11 heteroatoms. The van der Waals surface area contributed by atoms with Gasteiger partial charge in [-0.15, -0.1) is 0 Å². The highest BCUT2D eigenvalue weighted by Crippen LogP contribution is 2.38. The lowest BCUT2D eigenvalue weighted by Gasteiger charge is -2.26. The maximum Gasteiger partial charge on any atom is 0.338 e. The highest BCUT2D eigenvalue weighted by Gasteiger charge is 2.35. The highest BCUT2D eigenvalue weighted by molar-refractivity contribution is 9.10. The van der Waals surface area contributed by atoms with E-state index in [4.69, 9.17) is 24.5 Å². The van der Waals surface area contributed by atoms with Gasteiger partial charge in [-0.2, -0.15) is 5.26 Å². The number of nitrogens with zero attached hydrogens (tertiary/aromatic N) is 3. The summed E-state index contributed by atoms with van der Waals surface area (Å²) in [7, 11) is 1.50. The first-order valence-corrected chi connectivity index (χ1v) is 15.2. The Morgan fingerprint density at radius 3 is 2.62 bits per heavy atom. The van der Waals surface area contributed by atoms with E-state index in [-0.39, 0.29) is 24.3 Å². The molecule has 1 aliphatic heterocycles. The van der Waals surface area contributed by atoms with Gasteiger partial charge in [-0.3, -0.25) is 9.36 Å². The fraction of sp³-hybridized carbons (Fsp3) is 0.161. The number of hydrogen-bond acceptors (Lipinski definition) is 8. The highest BCUT2D eigenvalue weighted by atomic mass is 79.9. The Balaban J connectivity index is 1.78. The normalized spacial score (nSPS) is 14.5. The van der Waals surface area contributed by atoms with E-state index < -0.39 is 12.0 Å². The van der Waals surface area contributed by atoms with E-state index >= 15 is 0 Å². The largest absolute Gasteiger partial charge is 0.493 e.